The minimum Gasteiger partial charge on any atom is -0.354 e. The van der Waals surface area contributed by atoms with Crippen molar-refractivity contribution in [2.24, 2.45) is 5.41 Å². The van der Waals surface area contributed by atoms with Gasteiger partial charge >= 0.3 is 0 Å². The summed E-state index contributed by atoms with van der Waals surface area (Å²) in [6, 6.07) is 0. The molecule has 0 bridgehead atoms. The summed E-state index contributed by atoms with van der Waals surface area (Å²) in [5, 5.41) is 2.92. The van der Waals surface area contributed by atoms with Gasteiger partial charge in [-0.15, -0.1) is 0 Å². The lowest BCUT2D eigenvalue weighted by Crippen LogP contribution is -2.46. The van der Waals surface area contributed by atoms with Gasteiger partial charge in [0.2, 0.25) is 11.8 Å². The molecule has 0 unspecified atom stereocenters. The lowest BCUT2D eigenvalue weighted by atomic mass is 10.0. The van der Waals surface area contributed by atoms with Gasteiger partial charge in [0.05, 0.1) is 0 Å². The number of hydrogen-bond acceptors (Lipinski definition) is 3. The third kappa shape index (κ3) is 3.51. The Morgan fingerprint density at radius 3 is 2.20 bits per heavy atom. The number of carbonyl (C=O) groups excluding carboxylic acids is 2. The smallest absolute Gasteiger partial charge is 0.238 e. The van der Waals surface area contributed by atoms with Gasteiger partial charge < -0.3 is 15.1 Å². The molecule has 2 amide bonds. The Balaban J connectivity index is 1.88. The average Bonchev–Trinajstić information content (AvgIpc) is 3.22. The van der Waals surface area contributed by atoms with Crippen LogP contribution in [0.1, 0.15) is 38.5 Å². The summed E-state index contributed by atoms with van der Waals surface area (Å²) in [4.78, 5) is 28.9. The van der Waals surface area contributed by atoms with E-state index in [1.165, 1.54) is 12.8 Å². The van der Waals surface area contributed by atoms with Crippen LogP contribution in [-0.2, 0) is 9.59 Å². The van der Waals surface area contributed by atoms with Crippen LogP contribution in [0.5, 0.6) is 0 Å². The summed E-state index contributed by atoms with van der Waals surface area (Å²) in [6.45, 7) is 3.07. The minimum atomic E-state index is -0.726. The minimum absolute atomic E-state index is 0.0615. The van der Waals surface area contributed by atoms with Crippen molar-refractivity contribution in [3.63, 3.8) is 0 Å². The van der Waals surface area contributed by atoms with Gasteiger partial charge in [-0.2, -0.15) is 0 Å². The molecule has 1 heterocycles. The summed E-state index contributed by atoms with van der Waals surface area (Å²) in [5.41, 5.74) is -0.726. The Bertz CT molecular complexity index is 356. The van der Waals surface area contributed by atoms with E-state index in [4.69, 9.17) is 0 Å². The van der Waals surface area contributed by atoms with E-state index in [0.29, 0.717) is 6.54 Å². The molecule has 2 fully saturated rings. The van der Waals surface area contributed by atoms with Crippen molar-refractivity contribution in [2.75, 3.05) is 40.3 Å². The van der Waals surface area contributed by atoms with Crippen LogP contribution in [0.4, 0.5) is 0 Å². The largest absolute Gasteiger partial charge is 0.354 e. The molecule has 1 N–H and O–H groups in total. The summed E-state index contributed by atoms with van der Waals surface area (Å²) in [5.74, 6) is 0.00958. The number of rotatable bonds is 5. The zero-order chi connectivity index (χ0) is 14.6. The highest BCUT2D eigenvalue weighted by molar-refractivity contribution is 6.07. The molecule has 114 valence electrons. The van der Waals surface area contributed by atoms with E-state index < -0.39 is 5.41 Å². The van der Waals surface area contributed by atoms with E-state index in [9.17, 15) is 9.59 Å². The van der Waals surface area contributed by atoms with Gasteiger partial charge in [-0.1, -0.05) is 12.8 Å². The predicted molar refractivity (Wildman–Crippen MR) is 78.3 cm³/mol. The molecule has 0 atom stereocenters. The first-order valence-electron chi connectivity index (χ1n) is 7.79. The number of likely N-dealkylation sites (N-methyl/N-ethyl adjacent to an activating group) is 1. The number of nitrogens with one attached hydrogen (secondary N) is 1. The predicted octanol–water partition coefficient (Wildman–Crippen LogP) is 0.847. The quantitative estimate of drug-likeness (QED) is 0.760. The van der Waals surface area contributed by atoms with Crippen molar-refractivity contribution in [3.05, 3.63) is 0 Å². The summed E-state index contributed by atoms with van der Waals surface area (Å²) >= 11 is 0. The van der Waals surface area contributed by atoms with Crippen LogP contribution >= 0.6 is 0 Å². The van der Waals surface area contributed by atoms with Crippen molar-refractivity contribution < 1.29 is 9.59 Å². The molecule has 0 radical (unpaired) electrons. The Morgan fingerprint density at radius 1 is 1.10 bits per heavy atom. The van der Waals surface area contributed by atoms with Crippen LogP contribution in [0, 0.1) is 5.41 Å². The number of hydrogen-bond donors (Lipinski definition) is 1. The normalized spacial score (nSPS) is 21.4. The second kappa shape index (κ2) is 6.57. The van der Waals surface area contributed by atoms with Crippen LogP contribution in [0.3, 0.4) is 0 Å². The standard InChI is InChI=1S/C15H27N3O2/c1-17(2)12-9-16-13(19)15(7-8-15)14(20)18-10-5-3-4-6-11-18/h3-12H2,1-2H3,(H,16,19). The SMILES string of the molecule is CN(C)CCNC(=O)C1(C(=O)N2CCCCCC2)CC1. The molecule has 0 aromatic heterocycles. The van der Waals surface area contributed by atoms with Gasteiger partial charge in [-0.3, -0.25) is 9.59 Å². The van der Waals surface area contributed by atoms with Gasteiger partial charge in [-0.25, -0.2) is 0 Å². The van der Waals surface area contributed by atoms with E-state index in [0.717, 1.165) is 45.3 Å². The highest BCUT2D eigenvalue weighted by atomic mass is 16.2. The van der Waals surface area contributed by atoms with E-state index >= 15 is 0 Å². The van der Waals surface area contributed by atoms with E-state index in [2.05, 4.69) is 5.32 Å². The molecular weight excluding hydrogens is 254 g/mol. The van der Waals surface area contributed by atoms with Gasteiger partial charge in [0.1, 0.15) is 5.41 Å². The molecule has 0 aromatic carbocycles. The number of likely N-dealkylation sites (tertiary alicyclic amines) is 1. The first kappa shape index (κ1) is 15.3. The lowest BCUT2D eigenvalue weighted by molar-refractivity contribution is -0.144. The van der Waals surface area contributed by atoms with Gasteiger partial charge in [0, 0.05) is 26.2 Å². The zero-order valence-corrected chi connectivity index (χ0v) is 12.8. The van der Waals surface area contributed by atoms with Crippen LogP contribution in [-0.4, -0.2) is 61.9 Å². The molecule has 1 aliphatic carbocycles. The first-order chi connectivity index (χ1) is 9.56. The second-order valence-corrected chi connectivity index (χ2v) is 6.35. The van der Waals surface area contributed by atoms with E-state index in [1.807, 2.05) is 23.9 Å². The van der Waals surface area contributed by atoms with Crippen LogP contribution in [0.25, 0.3) is 0 Å². The highest BCUT2D eigenvalue weighted by Crippen LogP contribution is 2.47. The molecule has 0 spiro atoms. The van der Waals surface area contributed by atoms with E-state index in [1.54, 1.807) is 0 Å². The maximum absolute atomic E-state index is 12.6. The molecule has 2 rings (SSSR count). The zero-order valence-electron chi connectivity index (χ0n) is 12.8. The Labute approximate surface area is 121 Å². The average molecular weight is 281 g/mol. The molecule has 0 aromatic rings. The molecule has 2 aliphatic rings. The monoisotopic (exact) mass is 281 g/mol. The summed E-state index contributed by atoms with van der Waals surface area (Å²) in [7, 11) is 3.95. The fourth-order valence-corrected chi connectivity index (χ4v) is 2.80. The first-order valence-corrected chi connectivity index (χ1v) is 7.79. The van der Waals surface area contributed by atoms with Crippen molar-refractivity contribution in [3.8, 4) is 0 Å². The topological polar surface area (TPSA) is 52.7 Å². The number of carbonyl (C=O) groups is 2. The van der Waals surface area contributed by atoms with Crippen molar-refractivity contribution in [1.29, 1.82) is 0 Å². The summed E-state index contributed by atoms with van der Waals surface area (Å²) < 4.78 is 0. The Kier molecular flexibility index (Phi) is 5.02. The maximum atomic E-state index is 12.6. The molecule has 1 aliphatic heterocycles. The summed E-state index contributed by atoms with van der Waals surface area (Å²) in [6.07, 6.45) is 5.98. The third-order valence-corrected chi connectivity index (χ3v) is 4.33. The second-order valence-electron chi connectivity index (χ2n) is 6.35. The fourth-order valence-electron chi connectivity index (χ4n) is 2.80. The molecule has 1 saturated heterocycles. The van der Waals surface area contributed by atoms with E-state index in [-0.39, 0.29) is 11.8 Å². The lowest BCUT2D eigenvalue weighted by Gasteiger charge is -2.25. The molecule has 20 heavy (non-hydrogen) atoms. The Hall–Kier alpha value is -1.10. The highest BCUT2D eigenvalue weighted by Gasteiger charge is 2.57. The van der Waals surface area contributed by atoms with Crippen LogP contribution in [0.15, 0.2) is 0 Å². The molecule has 5 nitrogen and oxygen atoms in total. The molecule has 1 saturated carbocycles. The van der Waals surface area contributed by atoms with Gasteiger partial charge in [-0.05, 0) is 39.8 Å². The van der Waals surface area contributed by atoms with Crippen LogP contribution in [0.2, 0.25) is 0 Å². The third-order valence-electron chi connectivity index (χ3n) is 4.33. The fraction of sp³-hybridized carbons (Fsp3) is 0.867. The maximum Gasteiger partial charge on any atom is 0.238 e. The van der Waals surface area contributed by atoms with Gasteiger partial charge in [0.15, 0.2) is 0 Å². The van der Waals surface area contributed by atoms with Crippen molar-refractivity contribution >= 4 is 11.8 Å². The van der Waals surface area contributed by atoms with Crippen LogP contribution < -0.4 is 5.32 Å². The van der Waals surface area contributed by atoms with Gasteiger partial charge in [0.25, 0.3) is 0 Å². The van der Waals surface area contributed by atoms with Crippen molar-refractivity contribution in [1.82, 2.24) is 15.1 Å². The Morgan fingerprint density at radius 2 is 1.70 bits per heavy atom. The molecular formula is C15H27N3O2. The van der Waals surface area contributed by atoms with Crippen molar-refractivity contribution in [2.45, 2.75) is 38.5 Å². The number of amides is 2. The molecule has 5 heteroatoms. The number of nitrogens with zero attached hydrogens (tertiary/aromatic N) is 2.